The van der Waals surface area contributed by atoms with E-state index >= 15 is 0 Å². The predicted octanol–water partition coefficient (Wildman–Crippen LogP) is 2.90. The van der Waals surface area contributed by atoms with Crippen molar-refractivity contribution in [3.63, 3.8) is 0 Å². The van der Waals surface area contributed by atoms with Crippen molar-refractivity contribution in [1.29, 1.82) is 0 Å². The zero-order valence-corrected chi connectivity index (χ0v) is 12.3. The van der Waals surface area contributed by atoms with Crippen molar-refractivity contribution in [3.05, 3.63) is 21.4 Å². The van der Waals surface area contributed by atoms with Gasteiger partial charge in [0.25, 0.3) is 5.91 Å². The summed E-state index contributed by atoms with van der Waals surface area (Å²) < 4.78 is 0. The number of carbonyl (C=O) groups is 1. The number of amides is 1. The van der Waals surface area contributed by atoms with Gasteiger partial charge >= 0.3 is 0 Å². The first kappa shape index (κ1) is 15.2. The monoisotopic (exact) mass is 269 g/mol. The van der Waals surface area contributed by atoms with Crippen LogP contribution < -0.4 is 5.32 Å². The van der Waals surface area contributed by atoms with Gasteiger partial charge < -0.3 is 10.4 Å². The quantitative estimate of drug-likeness (QED) is 0.799. The second-order valence-corrected chi connectivity index (χ2v) is 5.85. The predicted molar refractivity (Wildman–Crippen MR) is 76.3 cm³/mol. The highest BCUT2D eigenvalue weighted by molar-refractivity contribution is 7.14. The Morgan fingerprint density at radius 1 is 1.56 bits per heavy atom. The zero-order valence-electron chi connectivity index (χ0n) is 11.5. The topological polar surface area (TPSA) is 49.3 Å². The first-order valence-corrected chi connectivity index (χ1v) is 7.41. The van der Waals surface area contributed by atoms with Crippen molar-refractivity contribution in [1.82, 2.24) is 5.32 Å². The summed E-state index contributed by atoms with van der Waals surface area (Å²) in [4.78, 5) is 14.1. The van der Waals surface area contributed by atoms with Gasteiger partial charge in [0.1, 0.15) is 0 Å². The molecular formula is C14H23NO2S. The van der Waals surface area contributed by atoms with Gasteiger partial charge in [0.2, 0.25) is 0 Å². The summed E-state index contributed by atoms with van der Waals surface area (Å²) in [5.74, 6) is 0.0358. The largest absolute Gasteiger partial charge is 0.396 e. The molecule has 0 saturated carbocycles. The SMILES string of the molecule is CCCC(C)NC(=O)c1sc(CCCO)cc1C. The summed E-state index contributed by atoms with van der Waals surface area (Å²) in [6, 6.07) is 2.28. The average Bonchev–Trinajstić information content (AvgIpc) is 2.68. The van der Waals surface area contributed by atoms with E-state index in [2.05, 4.69) is 18.3 Å². The number of hydrogen-bond donors (Lipinski definition) is 2. The molecule has 0 radical (unpaired) electrons. The number of aryl methyl sites for hydroxylation is 2. The normalized spacial score (nSPS) is 12.4. The molecule has 1 amide bonds. The van der Waals surface area contributed by atoms with Gasteiger partial charge in [-0.15, -0.1) is 11.3 Å². The summed E-state index contributed by atoms with van der Waals surface area (Å²) in [6.07, 6.45) is 3.69. The Balaban J connectivity index is 2.64. The Labute approximate surface area is 113 Å². The van der Waals surface area contributed by atoms with Crippen molar-refractivity contribution in [2.75, 3.05) is 6.61 Å². The highest BCUT2D eigenvalue weighted by atomic mass is 32.1. The molecule has 0 aliphatic carbocycles. The van der Waals surface area contributed by atoms with Crippen molar-refractivity contribution < 1.29 is 9.90 Å². The number of aliphatic hydroxyl groups is 1. The minimum atomic E-state index is 0.0358. The lowest BCUT2D eigenvalue weighted by molar-refractivity contribution is 0.0942. The summed E-state index contributed by atoms with van der Waals surface area (Å²) in [5.41, 5.74) is 1.04. The molecule has 1 heterocycles. The standard InChI is InChI=1S/C14H23NO2S/c1-4-6-11(3)15-14(17)13-10(2)9-12(18-13)7-5-8-16/h9,11,16H,4-8H2,1-3H3,(H,15,17). The number of hydrogen-bond acceptors (Lipinski definition) is 3. The average molecular weight is 269 g/mol. The molecule has 1 atom stereocenters. The van der Waals surface area contributed by atoms with Crippen molar-refractivity contribution in [2.24, 2.45) is 0 Å². The van der Waals surface area contributed by atoms with Crippen LogP contribution in [0.1, 0.15) is 53.2 Å². The Hall–Kier alpha value is -0.870. The fraction of sp³-hybridized carbons (Fsp3) is 0.643. The Bertz CT molecular complexity index is 387. The van der Waals surface area contributed by atoms with Crippen LogP contribution in [0.25, 0.3) is 0 Å². The van der Waals surface area contributed by atoms with Crippen LogP contribution >= 0.6 is 11.3 Å². The van der Waals surface area contributed by atoms with Gasteiger partial charge in [-0.25, -0.2) is 0 Å². The molecule has 102 valence electrons. The minimum Gasteiger partial charge on any atom is -0.396 e. The van der Waals surface area contributed by atoms with Gasteiger partial charge in [0.05, 0.1) is 4.88 Å². The molecule has 2 N–H and O–H groups in total. The molecule has 0 bridgehead atoms. The van der Waals surface area contributed by atoms with E-state index in [0.717, 1.165) is 36.1 Å². The van der Waals surface area contributed by atoms with Crippen LogP contribution in [0.3, 0.4) is 0 Å². The van der Waals surface area contributed by atoms with Gasteiger partial charge in [-0.2, -0.15) is 0 Å². The molecule has 0 aliphatic heterocycles. The van der Waals surface area contributed by atoms with E-state index in [1.807, 2.05) is 13.8 Å². The zero-order chi connectivity index (χ0) is 13.5. The lowest BCUT2D eigenvalue weighted by Gasteiger charge is -2.12. The minimum absolute atomic E-state index is 0.0358. The molecule has 1 aromatic rings. The number of carbonyl (C=O) groups excluding carboxylic acids is 1. The van der Waals surface area contributed by atoms with E-state index < -0.39 is 0 Å². The maximum Gasteiger partial charge on any atom is 0.261 e. The highest BCUT2D eigenvalue weighted by Gasteiger charge is 2.15. The molecule has 0 aromatic carbocycles. The summed E-state index contributed by atoms with van der Waals surface area (Å²) >= 11 is 1.54. The molecule has 0 saturated heterocycles. The number of aliphatic hydroxyl groups excluding tert-OH is 1. The fourth-order valence-corrected chi connectivity index (χ4v) is 3.06. The molecule has 1 aromatic heterocycles. The third-order valence-electron chi connectivity index (χ3n) is 2.86. The van der Waals surface area contributed by atoms with E-state index in [1.165, 1.54) is 4.88 Å². The molecular weight excluding hydrogens is 246 g/mol. The Morgan fingerprint density at radius 2 is 2.28 bits per heavy atom. The number of nitrogens with one attached hydrogen (secondary N) is 1. The fourth-order valence-electron chi connectivity index (χ4n) is 1.94. The lowest BCUT2D eigenvalue weighted by Crippen LogP contribution is -2.32. The van der Waals surface area contributed by atoms with Gasteiger partial charge in [-0.05, 0) is 44.7 Å². The Kier molecular flexibility index (Phi) is 6.36. The van der Waals surface area contributed by atoms with Crippen LogP contribution in [0.4, 0.5) is 0 Å². The van der Waals surface area contributed by atoms with Crippen LogP contribution in [0.2, 0.25) is 0 Å². The second kappa shape index (κ2) is 7.54. The smallest absolute Gasteiger partial charge is 0.261 e. The van der Waals surface area contributed by atoms with Crippen molar-refractivity contribution in [3.8, 4) is 0 Å². The highest BCUT2D eigenvalue weighted by Crippen LogP contribution is 2.23. The van der Waals surface area contributed by atoms with Crippen molar-refractivity contribution in [2.45, 2.75) is 52.5 Å². The molecule has 18 heavy (non-hydrogen) atoms. The maximum absolute atomic E-state index is 12.1. The molecule has 0 aliphatic rings. The van der Waals surface area contributed by atoms with Crippen LogP contribution in [-0.2, 0) is 6.42 Å². The van der Waals surface area contributed by atoms with Gasteiger partial charge in [0.15, 0.2) is 0 Å². The molecule has 1 unspecified atom stereocenters. The summed E-state index contributed by atoms with van der Waals surface area (Å²) in [5, 5.41) is 11.8. The summed E-state index contributed by atoms with van der Waals surface area (Å²) in [7, 11) is 0. The van der Waals surface area contributed by atoms with Crippen LogP contribution in [0.5, 0.6) is 0 Å². The third kappa shape index (κ3) is 4.42. The van der Waals surface area contributed by atoms with Crippen molar-refractivity contribution >= 4 is 17.2 Å². The first-order chi connectivity index (χ1) is 8.58. The lowest BCUT2D eigenvalue weighted by atomic mass is 10.2. The third-order valence-corrected chi connectivity index (χ3v) is 4.15. The van der Waals surface area contributed by atoms with E-state index in [0.29, 0.717) is 0 Å². The van der Waals surface area contributed by atoms with E-state index in [4.69, 9.17) is 5.11 Å². The van der Waals surface area contributed by atoms with Crippen LogP contribution in [-0.4, -0.2) is 23.7 Å². The van der Waals surface area contributed by atoms with Gasteiger partial charge in [-0.3, -0.25) is 4.79 Å². The van der Waals surface area contributed by atoms with Crippen LogP contribution in [0, 0.1) is 6.92 Å². The van der Waals surface area contributed by atoms with Crippen LogP contribution in [0.15, 0.2) is 6.07 Å². The number of thiophene rings is 1. The van der Waals surface area contributed by atoms with E-state index in [-0.39, 0.29) is 18.6 Å². The molecule has 0 spiro atoms. The molecule has 1 rings (SSSR count). The van der Waals surface area contributed by atoms with Gasteiger partial charge in [-0.1, -0.05) is 13.3 Å². The number of rotatable bonds is 7. The first-order valence-electron chi connectivity index (χ1n) is 6.59. The molecule has 0 fully saturated rings. The maximum atomic E-state index is 12.1. The second-order valence-electron chi connectivity index (χ2n) is 4.72. The molecule has 4 heteroatoms. The van der Waals surface area contributed by atoms with E-state index in [1.54, 1.807) is 11.3 Å². The Morgan fingerprint density at radius 3 is 2.89 bits per heavy atom. The van der Waals surface area contributed by atoms with Gasteiger partial charge in [0, 0.05) is 17.5 Å². The summed E-state index contributed by atoms with van der Waals surface area (Å²) in [6.45, 7) is 6.33. The molecule has 3 nitrogen and oxygen atoms in total. The van der Waals surface area contributed by atoms with E-state index in [9.17, 15) is 4.79 Å².